The van der Waals surface area contributed by atoms with Gasteiger partial charge in [0.15, 0.2) is 5.96 Å². The van der Waals surface area contributed by atoms with Gasteiger partial charge in [-0.1, -0.05) is 13.3 Å². The zero-order valence-corrected chi connectivity index (χ0v) is 12.4. The number of rotatable bonds is 6. The second kappa shape index (κ2) is 8.34. The lowest BCUT2D eigenvalue weighted by Crippen LogP contribution is -2.45. The highest BCUT2D eigenvalue weighted by atomic mass is 15.3. The maximum absolute atomic E-state index is 4.28. The minimum atomic E-state index is 0.180. The summed E-state index contributed by atoms with van der Waals surface area (Å²) < 4.78 is 0. The quantitative estimate of drug-likeness (QED) is 0.423. The SMILES string of the molecule is CCCCN(C)C(=NC)NCCNC(C)(C)C. The first-order valence-corrected chi connectivity index (χ1v) is 6.57. The Morgan fingerprint density at radius 2 is 1.88 bits per heavy atom. The number of unbranched alkanes of at least 4 members (excludes halogenated alkanes) is 1. The maximum atomic E-state index is 4.28. The van der Waals surface area contributed by atoms with E-state index in [1.807, 2.05) is 7.05 Å². The molecule has 0 radical (unpaired) electrons. The van der Waals surface area contributed by atoms with Crippen LogP contribution in [-0.4, -0.2) is 50.1 Å². The summed E-state index contributed by atoms with van der Waals surface area (Å²) in [5, 5.41) is 6.81. The molecule has 0 aromatic rings. The minimum absolute atomic E-state index is 0.180. The van der Waals surface area contributed by atoms with Crippen LogP contribution in [0.5, 0.6) is 0 Å². The van der Waals surface area contributed by atoms with Crippen molar-refractivity contribution < 1.29 is 0 Å². The third-order valence-corrected chi connectivity index (χ3v) is 2.48. The van der Waals surface area contributed by atoms with Crippen molar-refractivity contribution in [3.05, 3.63) is 0 Å². The average Bonchev–Trinajstić information content (AvgIpc) is 2.24. The summed E-state index contributed by atoms with van der Waals surface area (Å²) in [4.78, 5) is 6.46. The number of nitrogens with zero attached hydrogens (tertiary/aromatic N) is 2. The van der Waals surface area contributed by atoms with Gasteiger partial charge < -0.3 is 15.5 Å². The third-order valence-electron chi connectivity index (χ3n) is 2.48. The molecule has 0 unspecified atom stereocenters. The smallest absolute Gasteiger partial charge is 0.193 e. The van der Waals surface area contributed by atoms with Crippen LogP contribution in [0, 0.1) is 0 Å². The molecular weight excluding hydrogens is 212 g/mol. The van der Waals surface area contributed by atoms with E-state index in [0.29, 0.717) is 0 Å². The molecule has 0 amide bonds. The predicted octanol–water partition coefficient (Wildman–Crippen LogP) is 1.68. The van der Waals surface area contributed by atoms with Crippen molar-refractivity contribution in [2.45, 2.75) is 46.1 Å². The van der Waals surface area contributed by atoms with Crippen molar-refractivity contribution in [2.24, 2.45) is 4.99 Å². The molecule has 0 saturated carbocycles. The molecule has 4 heteroatoms. The molecule has 2 N–H and O–H groups in total. The lowest BCUT2D eigenvalue weighted by atomic mass is 10.1. The van der Waals surface area contributed by atoms with Crippen molar-refractivity contribution in [1.29, 1.82) is 0 Å². The Hall–Kier alpha value is -0.770. The van der Waals surface area contributed by atoms with Gasteiger partial charge in [0.25, 0.3) is 0 Å². The van der Waals surface area contributed by atoms with E-state index in [9.17, 15) is 0 Å². The number of guanidine groups is 1. The first kappa shape index (κ1) is 16.2. The number of nitrogens with one attached hydrogen (secondary N) is 2. The highest BCUT2D eigenvalue weighted by Crippen LogP contribution is 1.96. The molecule has 0 aromatic carbocycles. The van der Waals surface area contributed by atoms with Gasteiger partial charge in [-0.3, -0.25) is 4.99 Å². The number of aliphatic imine (C=N–C) groups is 1. The molecule has 0 bridgehead atoms. The van der Waals surface area contributed by atoms with E-state index in [1.165, 1.54) is 12.8 Å². The van der Waals surface area contributed by atoms with Crippen molar-refractivity contribution in [3.63, 3.8) is 0 Å². The fraction of sp³-hybridized carbons (Fsp3) is 0.923. The van der Waals surface area contributed by atoms with E-state index in [4.69, 9.17) is 0 Å². The van der Waals surface area contributed by atoms with Crippen molar-refractivity contribution in [2.75, 3.05) is 33.7 Å². The van der Waals surface area contributed by atoms with E-state index in [2.05, 4.69) is 55.3 Å². The predicted molar refractivity (Wildman–Crippen MR) is 76.7 cm³/mol. The molecule has 0 heterocycles. The second-order valence-corrected chi connectivity index (χ2v) is 5.43. The van der Waals surface area contributed by atoms with Crippen LogP contribution in [0.15, 0.2) is 4.99 Å². The molecule has 0 saturated heterocycles. The summed E-state index contributed by atoms with van der Waals surface area (Å²) in [6.45, 7) is 11.6. The summed E-state index contributed by atoms with van der Waals surface area (Å²) >= 11 is 0. The molecule has 0 atom stereocenters. The lowest BCUT2D eigenvalue weighted by Gasteiger charge is -2.24. The van der Waals surface area contributed by atoms with E-state index < -0.39 is 0 Å². The van der Waals surface area contributed by atoms with Gasteiger partial charge in [-0.15, -0.1) is 0 Å². The number of hydrogen-bond donors (Lipinski definition) is 2. The van der Waals surface area contributed by atoms with Crippen LogP contribution in [0.1, 0.15) is 40.5 Å². The zero-order valence-electron chi connectivity index (χ0n) is 12.4. The molecule has 102 valence electrons. The molecular formula is C13H30N4. The van der Waals surface area contributed by atoms with Crippen LogP contribution in [0.2, 0.25) is 0 Å². The van der Waals surface area contributed by atoms with Crippen molar-refractivity contribution >= 4 is 5.96 Å². The van der Waals surface area contributed by atoms with Gasteiger partial charge in [0.05, 0.1) is 0 Å². The fourth-order valence-electron chi connectivity index (χ4n) is 1.50. The Labute approximate surface area is 107 Å². The first-order valence-electron chi connectivity index (χ1n) is 6.57. The summed E-state index contributed by atoms with van der Waals surface area (Å²) in [7, 11) is 3.92. The molecule has 0 rings (SSSR count). The van der Waals surface area contributed by atoms with Gasteiger partial charge in [-0.25, -0.2) is 0 Å². The van der Waals surface area contributed by atoms with Gasteiger partial charge in [-0.2, -0.15) is 0 Å². The Morgan fingerprint density at radius 1 is 1.24 bits per heavy atom. The normalized spacial score (nSPS) is 12.7. The molecule has 0 aliphatic heterocycles. The van der Waals surface area contributed by atoms with E-state index in [-0.39, 0.29) is 5.54 Å². The minimum Gasteiger partial charge on any atom is -0.355 e. The van der Waals surface area contributed by atoms with Gasteiger partial charge in [0.1, 0.15) is 0 Å². The fourth-order valence-corrected chi connectivity index (χ4v) is 1.50. The Morgan fingerprint density at radius 3 is 2.35 bits per heavy atom. The topological polar surface area (TPSA) is 39.7 Å². The van der Waals surface area contributed by atoms with Gasteiger partial charge in [0, 0.05) is 39.3 Å². The summed E-state index contributed by atoms with van der Waals surface area (Å²) in [6.07, 6.45) is 2.42. The van der Waals surface area contributed by atoms with Gasteiger partial charge >= 0.3 is 0 Å². The Balaban J connectivity index is 3.83. The molecule has 0 aliphatic rings. The molecule has 0 fully saturated rings. The largest absolute Gasteiger partial charge is 0.355 e. The van der Waals surface area contributed by atoms with Crippen LogP contribution in [-0.2, 0) is 0 Å². The zero-order chi connectivity index (χ0) is 13.3. The molecule has 4 nitrogen and oxygen atoms in total. The first-order chi connectivity index (χ1) is 7.90. The summed E-state index contributed by atoms with van der Waals surface area (Å²) in [5.74, 6) is 0.981. The van der Waals surface area contributed by atoms with Gasteiger partial charge in [-0.05, 0) is 27.2 Å². The van der Waals surface area contributed by atoms with Crippen molar-refractivity contribution in [1.82, 2.24) is 15.5 Å². The van der Waals surface area contributed by atoms with Gasteiger partial charge in [0.2, 0.25) is 0 Å². The molecule has 0 aliphatic carbocycles. The lowest BCUT2D eigenvalue weighted by molar-refractivity contribution is 0.421. The monoisotopic (exact) mass is 242 g/mol. The highest BCUT2D eigenvalue weighted by molar-refractivity contribution is 5.79. The van der Waals surface area contributed by atoms with Crippen LogP contribution in [0.3, 0.4) is 0 Å². The standard InChI is InChI=1S/C13H30N4/c1-7-8-11-17(6)12(14-5)15-9-10-16-13(2,3)4/h16H,7-11H2,1-6H3,(H,14,15). The van der Waals surface area contributed by atoms with E-state index >= 15 is 0 Å². The Kier molecular flexibility index (Phi) is 7.96. The van der Waals surface area contributed by atoms with Crippen molar-refractivity contribution in [3.8, 4) is 0 Å². The number of hydrogen-bond acceptors (Lipinski definition) is 2. The van der Waals surface area contributed by atoms with E-state index in [1.54, 1.807) is 0 Å². The Bertz CT molecular complexity index is 218. The maximum Gasteiger partial charge on any atom is 0.193 e. The summed E-state index contributed by atoms with van der Waals surface area (Å²) in [6, 6.07) is 0. The van der Waals surface area contributed by atoms with Crippen LogP contribution < -0.4 is 10.6 Å². The average molecular weight is 242 g/mol. The molecule has 17 heavy (non-hydrogen) atoms. The van der Waals surface area contributed by atoms with Crippen LogP contribution in [0.4, 0.5) is 0 Å². The van der Waals surface area contributed by atoms with Crippen LogP contribution in [0.25, 0.3) is 0 Å². The second-order valence-electron chi connectivity index (χ2n) is 5.43. The van der Waals surface area contributed by atoms with E-state index in [0.717, 1.165) is 25.6 Å². The summed E-state index contributed by atoms with van der Waals surface area (Å²) in [5.41, 5.74) is 0.180. The molecule has 0 spiro atoms. The van der Waals surface area contributed by atoms with Crippen LogP contribution >= 0.6 is 0 Å². The third kappa shape index (κ3) is 8.98. The highest BCUT2D eigenvalue weighted by Gasteiger charge is 2.08. The molecule has 0 aromatic heterocycles.